The predicted molar refractivity (Wildman–Crippen MR) is 132 cm³/mol. The Bertz CT molecular complexity index is 1320. The van der Waals surface area contributed by atoms with E-state index in [1.165, 1.54) is 0 Å². The fourth-order valence-corrected chi connectivity index (χ4v) is 7.09. The van der Waals surface area contributed by atoms with Gasteiger partial charge in [-0.1, -0.05) is 70.0 Å². The number of halogens is 1. The molecule has 32 heavy (non-hydrogen) atoms. The van der Waals surface area contributed by atoms with E-state index in [0.717, 1.165) is 26.9 Å². The van der Waals surface area contributed by atoms with Crippen LogP contribution in [0.15, 0.2) is 99.8 Å². The maximum Gasteiger partial charge on any atom is 0.243 e. The van der Waals surface area contributed by atoms with Gasteiger partial charge in [0.25, 0.3) is 0 Å². The van der Waals surface area contributed by atoms with Gasteiger partial charge in [-0.25, -0.2) is 8.42 Å². The molecule has 0 amide bonds. The summed E-state index contributed by atoms with van der Waals surface area (Å²) in [7, 11) is -3.76. The van der Waals surface area contributed by atoms with E-state index in [2.05, 4.69) is 28.6 Å². The third-order valence-corrected chi connectivity index (χ3v) is 8.94. The minimum absolute atomic E-state index is 0.132. The second kappa shape index (κ2) is 7.80. The zero-order chi connectivity index (χ0) is 22.5. The molecule has 0 N–H and O–H groups in total. The molecule has 4 nitrogen and oxygen atoms in total. The summed E-state index contributed by atoms with van der Waals surface area (Å²) < 4.78 is 30.5. The van der Waals surface area contributed by atoms with Crippen LogP contribution in [-0.2, 0) is 15.4 Å². The standard InChI is InChI=1S/C26H23BrN2O2S/c1-3-20-16-29(32(30,31)22-12-9-18(2)10-13-22)25(19-7-5-4-6-8-19)26(20)17-28-24-14-11-21(27)15-23(24)26/h3-15,17,20,25H,1,16H2,2H3/t20?,25-,26?/m0/s1. The van der Waals surface area contributed by atoms with Gasteiger partial charge in [0, 0.05) is 23.1 Å². The van der Waals surface area contributed by atoms with Crippen LogP contribution >= 0.6 is 15.9 Å². The van der Waals surface area contributed by atoms with Crippen LogP contribution in [-0.4, -0.2) is 25.5 Å². The summed E-state index contributed by atoms with van der Waals surface area (Å²) in [6.45, 7) is 6.37. The Morgan fingerprint density at radius 2 is 1.81 bits per heavy atom. The third-order valence-electron chi connectivity index (χ3n) is 6.60. The van der Waals surface area contributed by atoms with Gasteiger partial charge in [-0.05, 0) is 48.4 Å². The Hall–Kier alpha value is -2.54. The minimum atomic E-state index is -3.76. The number of aliphatic imine (C=N–C) groups is 1. The SMILES string of the molecule is C=CC1CN(S(=O)(=O)c2ccc(C)cc2)[C@@H](c2ccccc2)C12C=Nc1ccc(Br)cc12. The first kappa shape index (κ1) is 21.3. The second-order valence-electron chi connectivity index (χ2n) is 8.40. The Kier molecular flexibility index (Phi) is 5.19. The van der Waals surface area contributed by atoms with E-state index in [9.17, 15) is 8.42 Å². The van der Waals surface area contributed by atoms with Gasteiger partial charge in [-0.15, -0.1) is 6.58 Å². The normalized spacial score (nSPS) is 24.7. The van der Waals surface area contributed by atoms with Crippen molar-refractivity contribution in [2.45, 2.75) is 23.3 Å². The average molecular weight is 507 g/mol. The van der Waals surface area contributed by atoms with Gasteiger partial charge in [0.15, 0.2) is 0 Å². The summed E-state index contributed by atoms with van der Waals surface area (Å²) in [5, 5.41) is 0. The number of hydrogen-bond donors (Lipinski definition) is 0. The molecule has 2 unspecified atom stereocenters. The lowest BCUT2D eigenvalue weighted by Gasteiger charge is -2.36. The van der Waals surface area contributed by atoms with Crippen molar-refractivity contribution in [2.75, 3.05) is 6.54 Å². The molecule has 1 spiro atoms. The number of benzene rings is 3. The van der Waals surface area contributed by atoms with Gasteiger partial charge >= 0.3 is 0 Å². The van der Waals surface area contributed by atoms with Crippen LogP contribution in [0.3, 0.4) is 0 Å². The van der Waals surface area contributed by atoms with Crippen molar-refractivity contribution in [3.8, 4) is 0 Å². The topological polar surface area (TPSA) is 49.7 Å². The zero-order valence-electron chi connectivity index (χ0n) is 17.6. The van der Waals surface area contributed by atoms with Crippen LogP contribution in [0.1, 0.15) is 22.7 Å². The van der Waals surface area contributed by atoms with Crippen molar-refractivity contribution >= 4 is 37.9 Å². The largest absolute Gasteiger partial charge is 0.260 e. The molecule has 3 atom stereocenters. The van der Waals surface area contributed by atoms with Gasteiger partial charge in [-0.2, -0.15) is 4.31 Å². The average Bonchev–Trinajstić information content (AvgIpc) is 3.34. The van der Waals surface area contributed by atoms with Crippen molar-refractivity contribution in [3.05, 3.63) is 107 Å². The maximum absolute atomic E-state index is 13.9. The van der Waals surface area contributed by atoms with Gasteiger partial charge in [-0.3, -0.25) is 4.99 Å². The molecule has 2 aliphatic rings. The van der Waals surface area contributed by atoms with Crippen LogP contribution in [0.5, 0.6) is 0 Å². The molecule has 0 saturated carbocycles. The molecule has 0 bridgehead atoms. The summed E-state index contributed by atoms with van der Waals surface area (Å²) in [5.41, 5.74) is 3.21. The van der Waals surface area contributed by atoms with Crippen molar-refractivity contribution < 1.29 is 8.42 Å². The monoisotopic (exact) mass is 506 g/mol. The van der Waals surface area contributed by atoms with Gasteiger partial charge in [0.1, 0.15) is 0 Å². The predicted octanol–water partition coefficient (Wildman–Crippen LogP) is 5.96. The number of aryl methyl sites for hydroxylation is 1. The second-order valence-corrected chi connectivity index (χ2v) is 11.2. The lowest BCUT2D eigenvalue weighted by molar-refractivity contribution is 0.357. The van der Waals surface area contributed by atoms with Gasteiger partial charge in [0.05, 0.1) is 22.0 Å². The third kappa shape index (κ3) is 3.12. The number of hydrogen-bond acceptors (Lipinski definition) is 3. The Labute approximate surface area is 197 Å². The molecule has 0 radical (unpaired) electrons. The quantitative estimate of drug-likeness (QED) is 0.410. The first-order chi connectivity index (χ1) is 15.4. The van der Waals surface area contributed by atoms with Crippen molar-refractivity contribution in [2.24, 2.45) is 10.9 Å². The highest BCUT2D eigenvalue weighted by molar-refractivity contribution is 9.10. The van der Waals surface area contributed by atoms with Crippen LogP contribution in [0.2, 0.25) is 0 Å². The fraction of sp³-hybridized carbons (Fsp3) is 0.192. The number of sulfonamides is 1. The lowest BCUT2D eigenvalue weighted by Crippen LogP contribution is -2.40. The molecule has 3 aromatic carbocycles. The molecular weight excluding hydrogens is 484 g/mol. The Balaban J connectivity index is 1.76. The smallest absolute Gasteiger partial charge is 0.243 e. The van der Waals surface area contributed by atoms with Gasteiger partial charge in [0.2, 0.25) is 10.0 Å². The highest BCUT2D eigenvalue weighted by Crippen LogP contribution is 2.58. The molecule has 6 heteroatoms. The number of fused-ring (bicyclic) bond motifs is 2. The zero-order valence-corrected chi connectivity index (χ0v) is 20.1. The van der Waals surface area contributed by atoms with E-state index in [1.807, 2.05) is 73.8 Å². The molecule has 2 heterocycles. The fourth-order valence-electron chi connectivity index (χ4n) is 5.05. The molecule has 3 aromatic rings. The first-order valence-electron chi connectivity index (χ1n) is 10.5. The van der Waals surface area contributed by atoms with Crippen molar-refractivity contribution in [1.29, 1.82) is 0 Å². The van der Waals surface area contributed by atoms with E-state index < -0.39 is 21.5 Å². The molecule has 1 saturated heterocycles. The van der Waals surface area contributed by atoms with E-state index in [1.54, 1.807) is 16.4 Å². The summed E-state index contributed by atoms with van der Waals surface area (Å²) in [5.74, 6) is -0.132. The first-order valence-corrected chi connectivity index (χ1v) is 12.7. The van der Waals surface area contributed by atoms with Crippen LogP contribution < -0.4 is 0 Å². The molecule has 0 aliphatic carbocycles. The van der Waals surface area contributed by atoms with E-state index >= 15 is 0 Å². The molecule has 1 fully saturated rings. The molecule has 5 rings (SSSR count). The maximum atomic E-state index is 13.9. The van der Waals surface area contributed by atoms with Crippen LogP contribution in [0.25, 0.3) is 0 Å². The lowest BCUT2D eigenvalue weighted by atomic mass is 9.68. The van der Waals surface area contributed by atoms with E-state index in [-0.39, 0.29) is 5.92 Å². The highest BCUT2D eigenvalue weighted by atomic mass is 79.9. The number of nitrogens with zero attached hydrogens (tertiary/aromatic N) is 2. The molecule has 162 valence electrons. The summed E-state index contributed by atoms with van der Waals surface area (Å²) in [6, 6.07) is 22.5. The summed E-state index contributed by atoms with van der Waals surface area (Å²) in [4.78, 5) is 5.03. The Morgan fingerprint density at radius 1 is 1.09 bits per heavy atom. The Morgan fingerprint density at radius 3 is 2.50 bits per heavy atom. The molecule has 0 aromatic heterocycles. The highest BCUT2D eigenvalue weighted by Gasteiger charge is 2.59. The molecule has 2 aliphatic heterocycles. The van der Waals surface area contributed by atoms with Crippen molar-refractivity contribution in [3.63, 3.8) is 0 Å². The minimum Gasteiger partial charge on any atom is -0.260 e. The summed E-state index contributed by atoms with van der Waals surface area (Å²) in [6.07, 6.45) is 3.82. The number of rotatable bonds is 4. The van der Waals surface area contributed by atoms with Gasteiger partial charge < -0.3 is 0 Å². The van der Waals surface area contributed by atoms with Crippen LogP contribution in [0.4, 0.5) is 5.69 Å². The van der Waals surface area contributed by atoms with E-state index in [4.69, 9.17) is 4.99 Å². The van der Waals surface area contributed by atoms with E-state index in [0.29, 0.717) is 11.4 Å². The summed E-state index contributed by atoms with van der Waals surface area (Å²) >= 11 is 3.60. The van der Waals surface area contributed by atoms with Crippen LogP contribution in [0, 0.1) is 12.8 Å². The van der Waals surface area contributed by atoms with Crippen molar-refractivity contribution in [1.82, 2.24) is 4.31 Å². The molecular formula is C26H23BrN2O2S.